The number of benzene rings is 2. The number of nitrogens with zero attached hydrogens (tertiary/aromatic N) is 3. The van der Waals surface area contributed by atoms with Crippen molar-refractivity contribution in [3.05, 3.63) is 76.1 Å². The van der Waals surface area contributed by atoms with Crippen LogP contribution in [-0.2, 0) is 13.1 Å². The van der Waals surface area contributed by atoms with Gasteiger partial charge in [-0.3, -0.25) is 14.8 Å². The first-order chi connectivity index (χ1) is 15.4. The van der Waals surface area contributed by atoms with Crippen LogP contribution in [0.3, 0.4) is 0 Å². The Morgan fingerprint density at radius 3 is 2.50 bits per heavy atom. The number of carbonyl (C=O) groups excluding carboxylic acids is 1. The summed E-state index contributed by atoms with van der Waals surface area (Å²) in [4.78, 5) is 17.5. The Balaban J connectivity index is 1.90. The number of hydrogen-bond donors (Lipinski definition) is 2. The molecule has 0 fully saturated rings. The van der Waals surface area contributed by atoms with Crippen molar-refractivity contribution >= 4 is 29.2 Å². The fourth-order valence-electron chi connectivity index (χ4n) is 3.30. The van der Waals surface area contributed by atoms with Gasteiger partial charge >= 0.3 is 0 Å². The van der Waals surface area contributed by atoms with Crippen molar-refractivity contribution in [2.75, 3.05) is 11.9 Å². The largest absolute Gasteiger partial charge is 0.492 e. The smallest absolute Gasteiger partial charge is 0.257 e. The first-order valence-electron chi connectivity index (χ1n) is 10.6. The SMILES string of the molecule is CCOc1ccccc1NC(=NCc1c(C)nn(CC)c1C)NC(=O)c1ccc(Cl)cc1. The van der Waals surface area contributed by atoms with Crippen LogP contribution < -0.4 is 15.4 Å². The zero-order valence-electron chi connectivity index (χ0n) is 18.8. The van der Waals surface area contributed by atoms with Gasteiger partial charge in [0.2, 0.25) is 5.96 Å². The molecule has 1 aromatic heterocycles. The van der Waals surface area contributed by atoms with E-state index < -0.39 is 0 Å². The van der Waals surface area contributed by atoms with Gasteiger partial charge in [0.15, 0.2) is 0 Å². The molecule has 0 radical (unpaired) electrons. The van der Waals surface area contributed by atoms with Crippen LogP contribution in [0.1, 0.15) is 41.2 Å². The number of rotatable bonds is 7. The molecule has 7 nitrogen and oxygen atoms in total. The standard InChI is InChI=1S/C24H28ClN5O2/c1-5-30-17(4)20(16(3)29-30)15-26-24(27-21-9-7-8-10-22(21)32-6-2)28-23(31)18-11-13-19(25)14-12-18/h7-14H,5-6,15H2,1-4H3,(H2,26,27,28,31). The van der Waals surface area contributed by atoms with Crippen molar-refractivity contribution in [3.63, 3.8) is 0 Å². The number of para-hydroxylation sites is 2. The molecule has 32 heavy (non-hydrogen) atoms. The van der Waals surface area contributed by atoms with Gasteiger partial charge in [-0.25, -0.2) is 4.99 Å². The van der Waals surface area contributed by atoms with E-state index in [1.165, 1.54) is 0 Å². The van der Waals surface area contributed by atoms with Gasteiger partial charge in [0, 0.05) is 28.4 Å². The summed E-state index contributed by atoms with van der Waals surface area (Å²) in [6.07, 6.45) is 0. The van der Waals surface area contributed by atoms with E-state index in [0.717, 1.165) is 23.5 Å². The average Bonchev–Trinajstić information content (AvgIpc) is 3.06. The Hall–Kier alpha value is -3.32. The zero-order valence-corrected chi connectivity index (χ0v) is 19.5. The Kier molecular flexibility index (Phi) is 7.89. The number of aliphatic imine (C=N–C) groups is 1. The number of carbonyl (C=O) groups is 1. The van der Waals surface area contributed by atoms with Gasteiger partial charge in [0.25, 0.3) is 5.91 Å². The van der Waals surface area contributed by atoms with E-state index in [-0.39, 0.29) is 5.91 Å². The summed E-state index contributed by atoms with van der Waals surface area (Å²) in [6, 6.07) is 14.2. The lowest BCUT2D eigenvalue weighted by Gasteiger charge is -2.15. The van der Waals surface area contributed by atoms with Crippen LogP contribution in [-0.4, -0.2) is 28.3 Å². The second-order valence-electron chi connectivity index (χ2n) is 7.15. The predicted molar refractivity (Wildman–Crippen MR) is 129 cm³/mol. The van der Waals surface area contributed by atoms with E-state index in [9.17, 15) is 4.79 Å². The van der Waals surface area contributed by atoms with E-state index in [1.807, 2.05) is 49.7 Å². The summed E-state index contributed by atoms with van der Waals surface area (Å²) >= 11 is 5.95. The molecule has 0 aliphatic heterocycles. The molecule has 0 bridgehead atoms. The third-order valence-electron chi connectivity index (χ3n) is 5.00. The van der Waals surface area contributed by atoms with E-state index >= 15 is 0 Å². The Morgan fingerprint density at radius 2 is 1.84 bits per heavy atom. The number of halogens is 1. The van der Waals surface area contributed by atoms with Crippen LogP contribution in [0.4, 0.5) is 5.69 Å². The molecule has 1 amide bonds. The third kappa shape index (κ3) is 5.68. The molecular weight excluding hydrogens is 426 g/mol. The molecule has 0 saturated carbocycles. The van der Waals surface area contributed by atoms with Gasteiger partial charge in [-0.2, -0.15) is 5.10 Å². The van der Waals surface area contributed by atoms with Gasteiger partial charge in [-0.1, -0.05) is 23.7 Å². The van der Waals surface area contributed by atoms with Crippen molar-refractivity contribution in [2.45, 2.75) is 40.8 Å². The summed E-state index contributed by atoms with van der Waals surface area (Å²) in [5.74, 6) is 0.703. The van der Waals surface area contributed by atoms with Crippen LogP contribution >= 0.6 is 11.6 Å². The van der Waals surface area contributed by atoms with Crippen molar-refractivity contribution in [3.8, 4) is 5.75 Å². The van der Waals surface area contributed by atoms with Gasteiger partial charge in [-0.15, -0.1) is 0 Å². The molecule has 168 valence electrons. The van der Waals surface area contributed by atoms with E-state index in [2.05, 4.69) is 27.6 Å². The van der Waals surface area contributed by atoms with Gasteiger partial charge in [-0.05, 0) is 64.1 Å². The Labute approximate surface area is 193 Å². The highest BCUT2D eigenvalue weighted by Crippen LogP contribution is 2.24. The van der Waals surface area contributed by atoms with Crippen LogP contribution in [0.2, 0.25) is 5.02 Å². The molecule has 3 rings (SSSR count). The molecule has 2 aromatic carbocycles. The molecule has 1 heterocycles. The van der Waals surface area contributed by atoms with E-state index in [0.29, 0.717) is 41.1 Å². The minimum absolute atomic E-state index is 0.292. The van der Waals surface area contributed by atoms with Crippen LogP contribution in [0.25, 0.3) is 0 Å². The maximum absolute atomic E-state index is 12.8. The highest BCUT2D eigenvalue weighted by atomic mass is 35.5. The zero-order chi connectivity index (χ0) is 23.1. The predicted octanol–water partition coefficient (Wildman–Crippen LogP) is 4.97. The normalized spacial score (nSPS) is 11.3. The molecule has 0 atom stereocenters. The molecular formula is C24H28ClN5O2. The van der Waals surface area contributed by atoms with Gasteiger partial charge in [0.05, 0.1) is 24.5 Å². The molecule has 0 aliphatic rings. The monoisotopic (exact) mass is 453 g/mol. The summed E-state index contributed by atoms with van der Waals surface area (Å²) < 4.78 is 7.65. The minimum Gasteiger partial charge on any atom is -0.492 e. The lowest BCUT2D eigenvalue weighted by Crippen LogP contribution is -2.36. The lowest BCUT2D eigenvalue weighted by molar-refractivity contribution is 0.0977. The van der Waals surface area contributed by atoms with Crippen molar-refractivity contribution in [1.82, 2.24) is 15.1 Å². The molecule has 3 aromatic rings. The number of aromatic nitrogens is 2. The molecule has 0 aliphatic carbocycles. The second kappa shape index (κ2) is 10.8. The van der Waals surface area contributed by atoms with Crippen LogP contribution in [0.5, 0.6) is 5.75 Å². The number of ether oxygens (including phenoxy) is 1. The summed E-state index contributed by atoms with van der Waals surface area (Å²) in [7, 11) is 0. The number of anilines is 1. The second-order valence-corrected chi connectivity index (χ2v) is 7.58. The molecule has 8 heteroatoms. The lowest BCUT2D eigenvalue weighted by atomic mass is 10.2. The molecule has 0 saturated heterocycles. The summed E-state index contributed by atoms with van der Waals surface area (Å²) in [5.41, 5.74) is 4.21. The summed E-state index contributed by atoms with van der Waals surface area (Å²) in [5, 5.41) is 11.2. The molecule has 2 N–H and O–H groups in total. The van der Waals surface area contributed by atoms with Gasteiger partial charge < -0.3 is 10.1 Å². The summed E-state index contributed by atoms with van der Waals surface area (Å²) in [6.45, 7) is 9.65. The fourth-order valence-corrected chi connectivity index (χ4v) is 3.42. The van der Waals surface area contributed by atoms with Crippen LogP contribution in [0.15, 0.2) is 53.5 Å². The maximum atomic E-state index is 12.8. The number of nitrogens with one attached hydrogen (secondary N) is 2. The first-order valence-corrected chi connectivity index (χ1v) is 10.9. The minimum atomic E-state index is -0.292. The quantitative estimate of drug-likeness (QED) is 0.391. The topological polar surface area (TPSA) is 80.5 Å². The Bertz CT molecular complexity index is 1110. The first kappa shape index (κ1) is 23.3. The molecule has 0 unspecified atom stereocenters. The average molecular weight is 454 g/mol. The van der Waals surface area contributed by atoms with Crippen molar-refractivity contribution in [1.29, 1.82) is 0 Å². The van der Waals surface area contributed by atoms with Crippen molar-refractivity contribution < 1.29 is 9.53 Å². The number of guanidine groups is 1. The van der Waals surface area contributed by atoms with E-state index in [4.69, 9.17) is 16.3 Å². The maximum Gasteiger partial charge on any atom is 0.257 e. The fraction of sp³-hybridized carbons (Fsp3) is 0.292. The van der Waals surface area contributed by atoms with Crippen molar-refractivity contribution in [2.24, 2.45) is 4.99 Å². The van der Waals surface area contributed by atoms with Gasteiger partial charge in [0.1, 0.15) is 5.75 Å². The van der Waals surface area contributed by atoms with Crippen LogP contribution in [0, 0.1) is 13.8 Å². The highest BCUT2D eigenvalue weighted by Gasteiger charge is 2.14. The van der Waals surface area contributed by atoms with E-state index in [1.54, 1.807) is 24.3 Å². The Morgan fingerprint density at radius 1 is 1.12 bits per heavy atom. The number of aryl methyl sites for hydroxylation is 2. The third-order valence-corrected chi connectivity index (χ3v) is 5.26. The number of amides is 1. The number of hydrogen-bond acceptors (Lipinski definition) is 4. The molecule has 0 spiro atoms. The highest BCUT2D eigenvalue weighted by molar-refractivity contribution is 6.30.